The lowest BCUT2D eigenvalue weighted by Crippen LogP contribution is -2.14. The fourth-order valence-electron chi connectivity index (χ4n) is 1.93. The highest BCUT2D eigenvalue weighted by atomic mass is 16.2. The monoisotopic (exact) mass is 283 g/mol. The van der Waals surface area contributed by atoms with Crippen LogP contribution in [0.5, 0.6) is 0 Å². The SMILES string of the molecule is CC(=O)Nc1cccc(C(=O)Nc2ccc(C)cc2N)c1. The van der Waals surface area contributed by atoms with Crippen molar-refractivity contribution in [3.8, 4) is 0 Å². The van der Waals surface area contributed by atoms with E-state index in [0.717, 1.165) is 5.56 Å². The van der Waals surface area contributed by atoms with Crippen molar-refractivity contribution in [1.82, 2.24) is 0 Å². The van der Waals surface area contributed by atoms with Crippen LogP contribution in [0, 0.1) is 6.92 Å². The van der Waals surface area contributed by atoms with Gasteiger partial charge in [-0.1, -0.05) is 12.1 Å². The second-order valence-corrected chi connectivity index (χ2v) is 4.81. The van der Waals surface area contributed by atoms with E-state index in [1.54, 1.807) is 36.4 Å². The van der Waals surface area contributed by atoms with Crippen LogP contribution in [0.2, 0.25) is 0 Å². The van der Waals surface area contributed by atoms with Crippen LogP contribution in [0.15, 0.2) is 42.5 Å². The smallest absolute Gasteiger partial charge is 0.255 e. The van der Waals surface area contributed by atoms with E-state index in [1.807, 2.05) is 13.0 Å². The van der Waals surface area contributed by atoms with Gasteiger partial charge < -0.3 is 16.4 Å². The van der Waals surface area contributed by atoms with Gasteiger partial charge in [0.1, 0.15) is 0 Å². The van der Waals surface area contributed by atoms with Crippen LogP contribution in [0.1, 0.15) is 22.8 Å². The Morgan fingerprint density at radius 3 is 2.48 bits per heavy atom. The number of carbonyl (C=O) groups excluding carboxylic acids is 2. The summed E-state index contributed by atoms with van der Waals surface area (Å²) < 4.78 is 0. The van der Waals surface area contributed by atoms with Crippen molar-refractivity contribution in [2.75, 3.05) is 16.4 Å². The molecule has 0 heterocycles. The molecule has 21 heavy (non-hydrogen) atoms. The molecule has 2 amide bonds. The summed E-state index contributed by atoms with van der Waals surface area (Å²) in [5.41, 5.74) is 9.00. The lowest BCUT2D eigenvalue weighted by Gasteiger charge is -2.10. The molecule has 0 aliphatic carbocycles. The molecule has 0 aliphatic rings. The molecule has 5 nitrogen and oxygen atoms in total. The fraction of sp³-hybridized carbons (Fsp3) is 0.125. The number of carbonyl (C=O) groups is 2. The van der Waals surface area contributed by atoms with E-state index in [2.05, 4.69) is 10.6 Å². The number of hydrogen-bond acceptors (Lipinski definition) is 3. The number of nitrogen functional groups attached to an aromatic ring is 1. The van der Waals surface area contributed by atoms with Crippen molar-refractivity contribution in [2.45, 2.75) is 13.8 Å². The third-order valence-electron chi connectivity index (χ3n) is 2.90. The van der Waals surface area contributed by atoms with Crippen molar-refractivity contribution < 1.29 is 9.59 Å². The van der Waals surface area contributed by atoms with Crippen LogP contribution in [0.4, 0.5) is 17.1 Å². The van der Waals surface area contributed by atoms with Gasteiger partial charge in [-0.2, -0.15) is 0 Å². The summed E-state index contributed by atoms with van der Waals surface area (Å²) in [6, 6.07) is 12.1. The fourth-order valence-corrected chi connectivity index (χ4v) is 1.93. The number of amides is 2. The Labute approximate surface area is 123 Å². The minimum absolute atomic E-state index is 0.185. The molecule has 0 unspecified atom stereocenters. The first kappa shape index (κ1) is 14.6. The Morgan fingerprint density at radius 2 is 1.81 bits per heavy atom. The Balaban J connectivity index is 2.18. The van der Waals surface area contributed by atoms with Crippen molar-refractivity contribution >= 4 is 28.9 Å². The molecule has 0 radical (unpaired) electrons. The molecule has 0 spiro atoms. The van der Waals surface area contributed by atoms with Crippen molar-refractivity contribution in [2.24, 2.45) is 0 Å². The highest BCUT2D eigenvalue weighted by molar-refractivity contribution is 6.06. The number of nitrogens with one attached hydrogen (secondary N) is 2. The maximum Gasteiger partial charge on any atom is 0.255 e. The number of nitrogens with two attached hydrogens (primary N) is 1. The molecule has 0 aromatic heterocycles. The predicted octanol–water partition coefficient (Wildman–Crippen LogP) is 2.79. The molecule has 2 aromatic carbocycles. The molecular weight excluding hydrogens is 266 g/mol. The molecule has 0 atom stereocenters. The van der Waals surface area contributed by atoms with Gasteiger partial charge in [-0.25, -0.2) is 0 Å². The summed E-state index contributed by atoms with van der Waals surface area (Å²) >= 11 is 0. The maximum absolute atomic E-state index is 12.2. The largest absolute Gasteiger partial charge is 0.397 e. The summed E-state index contributed by atoms with van der Waals surface area (Å²) in [6.07, 6.45) is 0. The lowest BCUT2D eigenvalue weighted by atomic mass is 10.1. The van der Waals surface area contributed by atoms with E-state index in [-0.39, 0.29) is 11.8 Å². The first-order valence-electron chi connectivity index (χ1n) is 6.51. The molecular formula is C16H17N3O2. The minimum atomic E-state index is -0.280. The Kier molecular flexibility index (Phi) is 4.23. The van der Waals surface area contributed by atoms with Crippen molar-refractivity contribution in [1.29, 1.82) is 0 Å². The third kappa shape index (κ3) is 3.82. The van der Waals surface area contributed by atoms with Gasteiger partial charge in [-0.05, 0) is 42.8 Å². The lowest BCUT2D eigenvalue weighted by molar-refractivity contribution is -0.114. The number of anilines is 3. The Hall–Kier alpha value is -2.82. The molecule has 2 aromatic rings. The Morgan fingerprint density at radius 1 is 1.05 bits per heavy atom. The summed E-state index contributed by atoms with van der Waals surface area (Å²) in [5.74, 6) is -0.465. The molecule has 0 aliphatic heterocycles. The molecule has 2 rings (SSSR count). The van der Waals surface area contributed by atoms with Gasteiger partial charge in [-0.15, -0.1) is 0 Å². The standard InChI is InChI=1S/C16H17N3O2/c1-10-6-7-15(14(17)8-10)19-16(21)12-4-3-5-13(9-12)18-11(2)20/h3-9H,17H2,1-2H3,(H,18,20)(H,19,21). The predicted molar refractivity (Wildman–Crippen MR) is 84.3 cm³/mol. The first-order chi connectivity index (χ1) is 9.95. The summed E-state index contributed by atoms with van der Waals surface area (Å²) in [5, 5.41) is 5.40. The number of aryl methyl sites for hydroxylation is 1. The van der Waals surface area contributed by atoms with E-state index >= 15 is 0 Å². The highest BCUT2D eigenvalue weighted by Crippen LogP contribution is 2.20. The second-order valence-electron chi connectivity index (χ2n) is 4.81. The van der Waals surface area contributed by atoms with Gasteiger partial charge in [-0.3, -0.25) is 9.59 Å². The minimum Gasteiger partial charge on any atom is -0.397 e. The average molecular weight is 283 g/mol. The molecule has 0 bridgehead atoms. The van der Waals surface area contributed by atoms with E-state index in [0.29, 0.717) is 22.6 Å². The molecule has 0 saturated heterocycles. The van der Waals surface area contributed by atoms with Crippen LogP contribution in [0.25, 0.3) is 0 Å². The number of hydrogen-bond donors (Lipinski definition) is 3. The topological polar surface area (TPSA) is 84.2 Å². The van der Waals surface area contributed by atoms with Gasteiger partial charge in [0.15, 0.2) is 0 Å². The molecule has 5 heteroatoms. The molecule has 108 valence electrons. The maximum atomic E-state index is 12.2. The second kappa shape index (κ2) is 6.09. The highest BCUT2D eigenvalue weighted by Gasteiger charge is 2.09. The zero-order valence-corrected chi connectivity index (χ0v) is 11.9. The van der Waals surface area contributed by atoms with Crippen molar-refractivity contribution in [3.63, 3.8) is 0 Å². The summed E-state index contributed by atoms with van der Waals surface area (Å²) in [4.78, 5) is 23.2. The zero-order valence-electron chi connectivity index (χ0n) is 11.9. The average Bonchev–Trinajstić information content (AvgIpc) is 2.41. The Bertz CT molecular complexity index is 696. The van der Waals surface area contributed by atoms with Crippen LogP contribution in [0.3, 0.4) is 0 Å². The van der Waals surface area contributed by atoms with Crippen LogP contribution in [-0.2, 0) is 4.79 Å². The molecule has 0 saturated carbocycles. The van der Waals surface area contributed by atoms with Gasteiger partial charge in [0, 0.05) is 18.2 Å². The van der Waals surface area contributed by atoms with Gasteiger partial charge in [0.25, 0.3) is 5.91 Å². The van der Waals surface area contributed by atoms with Crippen molar-refractivity contribution in [3.05, 3.63) is 53.6 Å². The summed E-state index contributed by atoms with van der Waals surface area (Å²) in [7, 11) is 0. The molecule has 0 fully saturated rings. The number of rotatable bonds is 3. The molecule has 4 N–H and O–H groups in total. The van der Waals surface area contributed by atoms with Crippen LogP contribution >= 0.6 is 0 Å². The summed E-state index contributed by atoms with van der Waals surface area (Å²) in [6.45, 7) is 3.35. The van der Waals surface area contributed by atoms with Crippen LogP contribution < -0.4 is 16.4 Å². The van der Waals surface area contributed by atoms with E-state index in [4.69, 9.17) is 5.73 Å². The van der Waals surface area contributed by atoms with Gasteiger partial charge in [0.05, 0.1) is 11.4 Å². The quantitative estimate of drug-likeness (QED) is 0.757. The number of benzene rings is 2. The van der Waals surface area contributed by atoms with Crippen LogP contribution in [-0.4, -0.2) is 11.8 Å². The first-order valence-corrected chi connectivity index (χ1v) is 6.51. The third-order valence-corrected chi connectivity index (χ3v) is 2.90. The van der Waals surface area contributed by atoms with E-state index in [1.165, 1.54) is 6.92 Å². The zero-order chi connectivity index (χ0) is 15.4. The van der Waals surface area contributed by atoms with E-state index in [9.17, 15) is 9.59 Å². The van der Waals surface area contributed by atoms with Gasteiger partial charge in [0.2, 0.25) is 5.91 Å². The van der Waals surface area contributed by atoms with Gasteiger partial charge >= 0.3 is 0 Å². The van der Waals surface area contributed by atoms with E-state index < -0.39 is 0 Å². The normalized spacial score (nSPS) is 10.0.